The Morgan fingerprint density at radius 3 is 2.66 bits per heavy atom. The van der Waals surface area contributed by atoms with Gasteiger partial charge in [-0.15, -0.1) is 0 Å². The molecular formula is C33H35F3N6O2. The minimum absolute atomic E-state index is 0.0358. The van der Waals surface area contributed by atoms with E-state index >= 15 is 4.39 Å². The lowest BCUT2D eigenvalue weighted by molar-refractivity contribution is 0.107. The number of aromatic nitrogens is 3. The molecule has 8 rings (SSSR count). The highest BCUT2D eigenvalue weighted by atomic mass is 19.1. The Labute approximate surface area is 253 Å². The Morgan fingerprint density at radius 2 is 1.86 bits per heavy atom. The lowest BCUT2D eigenvalue weighted by atomic mass is 9.94. The van der Waals surface area contributed by atoms with Crippen molar-refractivity contribution in [2.24, 2.45) is 0 Å². The van der Waals surface area contributed by atoms with Crippen molar-refractivity contribution in [3.63, 3.8) is 0 Å². The summed E-state index contributed by atoms with van der Waals surface area (Å²) in [6.07, 6.45) is 3.88. The molecule has 4 aliphatic heterocycles. The standard InChI is InChI=1S/C33H35F3N6O2/c1-2-23-26(35)7-4-18-10-22(43)11-24(28(18)23)29-27(36)12-25-30(38-29)39-32(40-31(25)41-15-20-5-6-21(16-41)37-20)44-17-33-8-3-9-42(33)14-19(34)13-33/h4,7,10-12,19-21,37,43H,2-3,5-6,8-9,13-17H2,1H3/t19-,20-,21+,33+/m1/s1. The number of piperazine rings is 1. The second-order valence-electron chi connectivity index (χ2n) is 12.9. The summed E-state index contributed by atoms with van der Waals surface area (Å²) in [5.74, 6) is -0.537. The topological polar surface area (TPSA) is 86.6 Å². The summed E-state index contributed by atoms with van der Waals surface area (Å²) in [5.41, 5.74) is 0.541. The number of anilines is 1. The average molecular weight is 605 g/mol. The number of phenolic OH excluding ortho intramolecular Hbond substituents is 1. The number of aryl methyl sites for hydroxylation is 1. The molecule has 0 amide bonds. The Balaban J connectivity index is 1.27. The molecule has 0 aliphatic carbocycles. The number of benzene rings is 2. The summed E-state index contributed by atoms with van der Waals surface area (Å²) in [5, 5.41) is 15.7. The number of rotatable bonds is 6. The number of fused-ring (bicyclic) bond motifs is 5. The molecule has 4 aromatic rings. The van der Waals surface area contributed by atoms with E-state index in [2.05, 4.69) is 20.1 Å². The van der Waals surface area contributed by atoms with Gasteiger partial charge in [-0.2, -0.15) is 9.97 Å². The van der Waals surface area contributed by atoms with Crippen LogP contribution in [0.4, 0.5) is 19.0 Å². The molecule has 4 saturated heterocycles. The minimum Gasteiger partial charge on any atom is -0.508 e. The Kier molecular flexibility index (Phi) is 6.60. The first kappa shape index (κ1) is 27.8. The Morgan fingerprint density at radius 1 is 1.05 bits per heavy atom. The molecule has 6 heterocycles. The molecule has 2 N–H and O–H groups in total. The van der Waals surface area contributed by atoms with Crippen LogP contribution in [0.1, 0.15) is 44.6 Å². The molecule has 4 atom stereocenters. The van der Waals surface area contributed by atoms with E-state index in [9.17, 15) is 13.9 Å². The number of halogens is 3. The quantitative estimate of drug-likeness (QED) is 0.307. The molecule has 0 saturated carbocycles. The zero-order valence-electron chi connectivity index (χ0n) is 24.6. The van der Waals surface area contributed by atoms with Crippen LogP contribution < -0.4 is 15.0 Å². The first-order chi connectivity index (χ1) is 21.3. The van der Waals surface area contributed by atoms with Crippen molar-refractivity contribution >= 4 is 27.6 Å². The molecular weight excluding hydrogens is 569 g/mol. The van der Waals surface area contributed by atoms with E-state index < -0.39 is 17.8 Å². The zero-order chi connectivity index (χ0) is 30.2. The van der Waals surface area contributed by atoms with E-state index in [-0.39, 0.29) is 35.2 Å². The maximum Gasteiger partial charge on any atom is 0.320 e. The van der Waals surface area contributed by atoms with Gasteiger partial charge in [0.2, 0.25) is 0 Å². The minimum atomic E-state index is -0.884. The highest BCUT2D eigenvalue weighted by molar-refractivity contribution is 6.01. The first-order valence-electron chi connectivity index (χ1n) is 15.7. The second kappa shape index (κ2) is 10.4. The number of alkyl halides is 1. The van der Waals surface area contributed by atoms with Crippen molar-refractivity contribution in [1.82, 2.24) is 25.2 Å². The zero-order valence-corrected chi connectivity index (χ0v) is 24.6. The molecule has 4 fully saturated rings. The Hall–Kier alpha value is -3.70. The number of hydrogen-bond donors (Lipinski definition) is 2. The van der Waals surface area contributed by atoms with Gasteiger partial charge in [-0.3, -0.25) is 4.90 Å². The number of nitrogens with one attached hydrogen (secondary N) is 1. The smallest absolute Gasteiger partial charge is 0.320 e. The van der Waals surface area contributed by atoms with Crippen LogP contribution in [0.2, 0.25) is 0 Å². The summed E-state index contributed by atoms with van der Waals surface area (Å²) >= 11 is 0. The van der Waals surface area contributed by atoms with Crippen LogP contribution in [0, 0.1) is 11.6 Å². The summed E-state index contributed by atoms with van der Waals surface area (Å²) in [7, 11) is 0. The predicted molar refractivity (Wildman–Crippen MR) is 162 cm³/mol. The number of phenols is 1. The first-order valence-corrected chi connectivity index (χ1v) is 15.7. The summed E-state index contributed by atoms with van der Waals surface area (Å²) in [4.78, 5) is 18.5. The summed E-state index contributed by atoms with van der Waals surface area (Å²) < 4.78 is 51.8. The molecule has 11 heteroatoms. The van der Waals surface area contributed by atoms with E-state index in [0.29, 0.717) is 77.7 Å². The van der Waals surface area contributed by atoms with Gasteiger partial charge in [-0.25, -0.2) is 18.2 Å². The van der Waals surface area contributed by atoms with Gasteiger partial charge in [0.05, 0.1) is 10.9 Å². The van der Waals surface area contributed by atoms with Crippen molar-refractivity contribution in [1.29, 1.82) is 0 Å². The number of aromatic hydroxyl groups is 1. The third-order valence-electron chi connectivity index (χ3n) is 10.1. The fourth-order valence-corrected chi connectivity index (χ4v) is 8.14. The van der Waals surface area contributed by atoms with Crippen LogP contribution in [0.3, 0.4) is 0 Å². The number of hydrogen-bond acceptors (Lipinski definition) is 8. The third-order valence-corrected chi connectivity index (χ3v) is 10.1. The van der Waals surface area contributed by atoms with Crippen LogP contribution in [0.5, 0.6) is 11.8 Å². The second-order valence-corrected chi connectivity index (χ2v) is 12.9. The molecule has 2 bridgehead atoms. The largest absolute Gasteiger partial charge is 0.508 e. The molecule has 2 aromatic heterocycles. The van der Waals surface area contributed by atoms with E-state index in [1.54, 1.807) is 6.07 Å². The highest BCUT2D eigenvalue weighted by Gasteiger charge is 2.49. The Bertz CT molecular complexity index is 1780. The monoisotopic (exact) mass is 604 g/mol. The number of ether oxygens (including phenoxy) is 1. The van der Waals surface area contributed by atoms with Gasteiger partial charge in [0.25, 0.3) is 0 Å². The van der Waals surface area contributed by atoms with Crippen LogP contribution in [-0.2, 0) is 6.42 Å². The van der Waals surface area contributed by atoms with Gasteiger partial charge in [0, 0.05) is 43.7 Å². The van der Waals surface area contributed by atoms with E-state index in [1.807, 2.05) is 6.92 Å². The lowest BCUT2D eigenvalue weighted by Crippen LogP contribution is -2.51. The maximum atomic E-state index is 16.2. The van der Waals surface area contributed by atoms with Crippen LogP contribution >= 0.6 is 0 Å². The van der Waals surface area contributed by atoms with Crippen molar-refractivity contribution in [2.75, 3.05) is 37.7 Å². The van der Waals surface area contributed by atoms with Crippen LogP contribution in [0.15, 0.2) is 30.3 Å². The van der Waals surface area contributed by atoms with Crippen molar-refractivity contribution in [2.45, 2.75) is 69.2 Å². The fraction of sp³-hybridized carbons (Fsp3) is 0.485. The highest BCUT2D eigenvalue weighted by Crippen LogP contribution is 2.42. The lowest BCUT2D eigenvalue weighted by Gasteiger charge is -2.34. The van der Waals surface area contributed by atoms with Crippen LogP contribution in [-0.4, -0.2) is 81.5 Å². The summed E-state index contributed by atoms with van der Waals surface area (Å²) in [6, 6.07) is 8.04. The van der Waals surface area contributed by atoms with Gasteiger partial charge < -0.3 is 20.1 Å². The molecule has 2 aromatic carbocycles. The van der Waals surface area contributed by atoms with E-state index in [0.717, 1.165) is 32.2 Å². The van der Waals surface area contributed by atoms with Crippen LogP contribution in [0.25, 0.3) is 33.1 Å². The van der Waals surface area contributed by atoms with Gasteiger partial charge in [-0.05, 0) is 79.3 Å². The molecule has 44 heavy (non-hydrogen) atoms. The number of nitrogens with zero attached hydrogens (tertiary/aromatic N) is 5. The fourth-order valence-electron chi connectivity index (χ4n) is 8.14. The molecule has 4 aliphatic rings. The average Bonchev–Trinajstić information content (AvgIpc) is 3.65. The number of pyridine rings is 1. The molecule has 0 unspecified atom stereocenters. The molecule has 0 spiro atoms. The van der Waals surface area contributed by atoms with Crippen molar-refractivity contribution in [3.8, 4) is 23.0 Å². The normalized spacial score (nSPS) is 26.6. The maximum absolute atomic E-state index is 16.2. The third kappa shape index (κ3) is 4.54. The summed E-state index contributed by atoms with van der Waals surface area (Å²) in [6.45, 7) is 4.78. The molecule has 230 valence electrons. The van der Waals surface area contributed by atoms with Gasteiger partial charge in [-0.1, -0.05) is 13.0 Å². The van der Waals surface area contributed by atoms with Gasteiger partial charge in [0.15, 0.2) is 5.65 Å². The predicted octanol–water partition coefficient (Wildman–Crippen LogP) is 5.29. The molecule has 8 nitrogen and oxygen atoms in total. The van der Waals surface area contributed by atoms with E-state index in [4.69, 9.17) is 14.7 Å². The van der Waals surface area contributed by atoms with Crippen molar-refractivity contribution < 1.29 is 23.0 Å². The van der Waals surface area contributed by atoms with Gasteiger partial charge >= 0.3 is 6.01 Å². The van der Waals surface area contributed by atoms with Crippen molar-refractivity contribution in [3.05, 3.63) is 47.5 Å². The van der Waals surface area contributed by atoms with E-state index in [1.165, 1.54) is 24.3 Å². The SMILES string of the molecule is CCc1c(F)ccc2cc(O)cc(-c3nc4nc(OC[C@@]56CCCN5C[C@H](F)C6)nc(N5C[C@H]6CC[C@@H](C5)N6)c4cc3F)c12. The van der Waals surface area contributed by atoms with Gasteiger partial charge in [0.1, 0.15) is 41.7 Å². The molecule has 0 radical (unpaired) electrons.